The van der Waals surface area contributed by atoms with Crippen molar-refractivity contribution < 1.29 is 34.1 Å². The van der Waals surface area contributed by atoms with E-state index in [9.17, 15) is 24.6 Å². The number of ether oxygens (including phenoxy) is 2. The van der Waals surface area contributed by atoms with Crippen LogP contribution >= 0.6 is 0 Å². The van der Waals surface area contributed by atoms with Gasteiger partial charge in [0.25, 0.3) is 0 Å². The molecule has 2 N–H and O–H groups in total. The zero-order valence-corrected chi connectivity index (χ0v) is 23.9. The number of unbranched alkanes of at least 4 members (excludes halogenated alkanes) is 5. The second-order valence-electron chi connectivity index (χ2n) is 13.6. The molecular weight excluding hydrogens is 496 g/mol. The van der Waals surface area contributed by atoms with Crippen LogP contribution in [0.4, 0.5) is 0 Å². The fourth-order valence-electron chi connectivity index (χ4n) is 9.71. The van der Waals surface area contributed by atoms with E-state index >= 15 is 0 Å². The average molecular weight is 545 g/mol. The maximum absolute atomic E-state index is 12.9. The molecule has 5 rings (SSSR count). The smallest absolute Gasteiger partial charge is 0.331 e. The van der Waals surface area contributed by atoms with Crippen LogP contribution in [0.5, 0.6) is 0 Å². The van der Waals surface area contributed by atoms with Crippen molar-refractivity contribution in [1.29, 1.82) is 0 Å². The molecule has 1 aliphatic heterocycles. The molecular formula is C32H48O7. The lowest BCUT2D eigenvalue weighted by Crippen LogP contribution is -2.69. The number of fused-ring (bicyclic) bond motifs is 5. The van der Waals surface area contributed by atoms with E-state index in [4.69, 9.17) is 9.47 Å². The van der Waals surface area contributed by atoms with Gasteiger partial charge in [0, 0.05) is 24.3 Å². The fourth-order valence-corrected chi connectivity index (χ4v) is 9.71. The maximum Gasteiger partial charge on any atom is 0.331 e. The van der Waals surface area contributed by atoms with E-state index in [-0.39, 0.29) is 35.8 Å². The molecule has 0 aromatic heterocycles. The third kappa shape index (κ3) is 4.69. The second-order valence-corrected chi connectivity index (χ2v) is 13.6. The van der Waals surface area contributed by atoms with E-state index in [1.165, 1.54) is 19.3 Å². The molecule has 218 valence electrons. The Morgan fingerprint density at radius 2 is 1.77 bits per heavy atom. The summed E-state index contributed by atoms with van der Waals surface area (Å²) >= 11 is 0. The highest BCUT2D eigenvalue weighted by Crippen LogP contribution is 2.70. The maximum atomic E-state index is 12.9. The molecule has 0 aromatic rings. The number of carbonyl (C=O) groups is 3. The standard InChI is InChI=1S/C32H48O7/c1-3-4-5-6-7-8-9-27(34)39-23-10-15-30(21-33)25-11-14-29(2)24(22-18-28(35)38-20-22)13-17-32(29,37)26(25)12-16-31(30,36)19-23/h18,21,23-26,36-37H,3-17,19-20H2,1-2H3/t23-,24+,25-,26+,29+,30-,31-,32-/m0/s1. The largest absolute Gasteiger partial charge is 0.462 e. The highest BCUT2D eigenvalue weighted by atomic mass is 16.5. The van der Waals surface area contributed by atoms with Crippen molar-refractivity contribution in [3.05, 3.63) is 11.6 Å². The zero-order valence-electron chi connectivity index (χ0n) is 23.9. The lowest BCUT2D eigenvalue weighted by molar-refractivity contribution is -0.249. The highest BCUT2D eigenvalue weighted by molar-refractivity contribution is 5.85. The van der Waals surface area contributed by atoms with Gasteiger partial charge in [-0.3, -0.25) is 4.79 Å². The molecule has 7 heteroatoms. The monoisotopic (exact) mass is 544 g/mol. The number of carbonyl (C=O) groups excluding carboxylic acids is 3. The van der Waals surface area contributed by atoms with Gasteiger partial charge in [0.2, 0.25) is 0 Å². The zero-order chi connectivity index (χ0) is 27.9. The molecule has 39 heavy (non-hydrogen) atoms. The van der Waals surface area contributed by atoms with Gasteiger partial charge in [-0.1, -0.05) is 46.0 Å². The van der Waals surface area contributed by atoms with E-state index < -0.39 is 22.0 Å². The summed E-state index contributed by atoms with van der Waals surface area (Å²) in [6, 6.07) is 0. The molecule has 8 atom stereocenters. The normalized spacial score (nSPS) is 43.1. The predicted molar refractivity (Wildman–Crippen MR) is 145 cm³/mol. The first-order valence-corrected chi connectivity index (χ1v) is 15.6. The molecule has 0 aromatic carbocycles. The minimum absolute atomic E-state index is 0.0860. The van der Waals surface area contributed by atoms with E-state index in [1.54, 1.807) is 6.08 Å². The Kier molecular flexibility index (Phi) is 8.06. The van der Waals surface area contributed by atoms with Crippen molar-refractivity contribution in [2.75, 3.05) is 6.61 Å². The predicted octanol–water partition coefficient (Wildman–Crippen LogP) is 5.20. The molecule has 0 amide bonds. The van der Waals surface area contributed by atoms with Crippen LogP contribution in [0, 0.1) is 28.6 Å². The van der Waals surface area contributed by atoms with Crippen LogP contribution in [-0.2, 0) is 23.9 Å². The van der Waals surface area contributed by atoms with E-state index in [1.807, 2.05) is 0 Å². The van der Waals surface area contributed by atoms with E-state index in [0.717, 1.165) is 50.4 Å². The first-order valence-electron chi connectivity index (χ1n) is 15.6. The molecule has 0 saturated heterocycles. The van der Waals surface area contributed by atoms with Gasteiger partial charge in [0.1, 0.15) is 19.0 Å². The lowest BCUT2D eigenvalue weighted by atomic mass is 9.41. The molecule has 7 nitrogen and oxygen atoms in total. The minimum Gasteiger partial charge on any atom is -0.462 e. The molecule has 0 spiro atoms. The van der Waals surface area contributed by atoms with Crippen LogP contribution in [-0.4, -0.2) is 52.4 Å². The molecule has 4 saturated carbocycles. The summed E-state index contributed by atoms with van der Waals surface area (Å²) < 4.78 is 11.0. The Hall–Kier alpha value is -1.73. The van der Waals surface area contributed by atoms with Crippen molar-refractivity contribution >= 4 is 18.2 Å². The Bertz CT molecular complexity index is 991. The lowest BCUT2D eigenvalue weighted by Gasteiger charge is -2.65. The van der Waals surface area contributed by atoms with Crippen molar-refractivity contribution in [2.24, 2.45) is 28.6 Å². The number of aldehydes is 1. The number of hydrogen-bond donors (Lipinski definition) is 2. The third-order valence-corrected chi connectivity index (χ3v) is 11.9. The Morgan fingerprint density at radius 1 is 1.03 bits per heavy atom. The summed E-state index contributed by atoms with van der Waals surface area (Å²) in [6.07, 6.45) is 14.6. The summed E-state index contributed by atoms with van der Waals surface area (Å²) in [4.78, 5) is 37.3. The average Bonchev–Trinajstić information content (AvgIpc) is 3.45. The van der Waals surface area contributed by atoms with Gasteiger partial charge in [-0.25, -0.2) is 4.79 Å². The van der Waals surface area contributed by atoms with Gasteiger partial charge in [-0.2, -0.15) is 0 Å². The Labute approximate surface area is 233 Å². The van der Waals surface area contributed by atoms with Crippen molar-refractivity contribution in [3.8, 4) is 0 Å². The second kappa shape index (κ2) is 10.9. The number of hydrogen-bond acceptors (Lipinski definition) is 7. The van der Waals surface area contributed by atoms with Gasteiger partial charge in [0.05, 0.1) is 16.6 Å². The highest BCUT2D eigenvalue weighted by Gasteiger charge is 2.71. The van der Waals surface area contributed by atoms with E-state index in [2.05, 4.69) is 13.8 Å². The van der Waals surface area contributed by atoms with Crippen LogP contribution in [0.2, 0.25) is 0 Å². The van der Waals surface area contributed by atoms with Crippen molar-refractivity contribution in [1.82, 2.24) is 0 Å². The number of rotatable bonds is 10. The van der Waals surface area contributed by atoms with Crippen molar-refractivity contribution in [2.45, 2.75) is 134 Å². The Balaban J connectivity index is 1.26. The number of aliphatic hydroxyl groups is 2. The van der Waals surface area contributed by atoms with Crippen molar-refractivity contribution in [3.63, 3.8) is 0 Å². The van der Waals surface area contributed by atoms with Crippen LogP contribution in [0.15, 0.2) is 11.6 Å². The molecule has 4 fully saturated rings. The minimum atomic E-state index is -1.23. The first-order chi connectivity index (χ1) is 18.6. The molecule has 1 heterocycles. The van der Waals surface area contributed by atoms with Crippen LogP contribution in [0.25, 0.3) is 0 Å². The summed E-state index contributed by atoms with van der Waals surface area (Å²) in [7, 11) is 0. The van der Waals surface area contributed by atoms with Crippen LogP contribution < -0.4 is 0 Å². The number of esters is 2. The fraction of sp³-hybridized carbons (Fsp3) is 0.844. The summed E-state index contributed by atoms with van der Waals surface area (Å²) in [5.74, 6) is -0.609. The molecule has 0 bridgehead atoms. The van der Waals surface area contributed by atoms with Gasteiger partial charge in [0.15, 0.2) is 0 Å². The molecule has 4 aliphatic carbocycles. The molecule has 5 aliphatic rings. The first kappa shape index (κ1) is 28.8. The van der Waals surface area contributed by atoms with Gasteiger partial charge < -0.3 is 24.5 Å². The Morgan fingerprint density at radius 3 is 2.49 bits per heavy atom. The summed E-state index contributed by atoms with van der Waals surface area (Å²) in [5.41, 5.74) is -2.52. The van der Waals surface area contributed by atoms with Crippen LogP contribution in [0.1, 0.15) is 117 Å². The SMILES string of the molecule is CCCCCCCCC(=O)O[C@H]1CC[C@]2(C=O)[C@H]3CC[C@]4(C)[C@@H](C5=CC(=O)OC5)CC[C@]4(O)[C@@H]3CC[C@]2(O)C1. The summed E-state index contributed by atoms with van der Waals surface area (Å²) in [6.45, 7) is 4.65. The third-order valence-electron chi connectivity index (χ3n) is 11.9. The van der Waals surface area contributed by atoms with Gasteiger partial charge in [-0.05, 0) is 81.1 Å². The van der Waals surface area contributed by atoms with E-state index in [0.29, 0.717) is 51.6 Å². The molecule has 0 radical (unpaired) electrons. The van der Waals surface area contributed by atoms with Crippen LogP contribution in [0.3, 0.4) is 0 Å². The van der Waals surface area contributed by atoms with Gasteiger partial charge in [-0.15, -0.1) is 0 Å². The number of cyclic esters (lactones) is 1. The topological polar surface area (TPSA) is 110 Å². The molecule has 0 unspecified atom stereocenters. The van der Waals surface area contributed by atoms with Gasteiger partial charge >= 0.3 is 11.9 Å². The quantitative estimate of drug-likeness (QED) is 0.221. The summed E-state index contributed by atoms with van der Waals surface area (Å²) in [5, 5.41) is 24.4.